The van der Waals surface area contributed by atoms with Crippen molar-refractivity contribution in [3.63, 3.8) is 0 Å². The Morgan fingerprint density at radius 1 is 1.19 bits per heavy atom. The summed E-state index contributed by atoms with van der Waals surface area (Å²) in [6.07, 6.45) is 0. The summed E-state index contributed by atoms with van der Waals surface area (Å²) in [6.45, 7) is 2.17. The van der Waals surface area contributed by atoms with Gasteiger partial charge < -0.3 is 14.5 Å². The number of aromatic nitrogens is 2. The number of thioether (sulfide) groups is 1. The van der Waals surface area contributed by atoms with E-state index in [1.807, 2.05) is 24.3 Å². The Hall–Kier alpha value is -2.87. The van der Waals surface area contributed by atoms with Crippen LogP contribution in [0.5, 0.6) is 5.75 Å². The average Bonchev–Trinajstić information content (AvgIpc) is 3.15. The molecule has 27 heavy (non-hydrogen) atoms. The van der Waals surface area contributed by atoms with Crippen molar-refractivity contribution >= 4 is 17.7 Å². The number of rotatable bonds is 7. The van der Waals surface area contributed by atoms with E-state index in [0.717, 1.165) is 11.3 Å². The number of ether oxygens (including phenoxy) is 1. The van der Waals surface area contributed by atoms with E-state index >= 15 is 0 Å². The molecule has 1 aromatic heterocycles. The van der Waals surface area contributed by atoms with Crippen molar-refractivity contribution in [2.24, 2.45) is 0 Å². The van der Waals surface area contributed by atoms with Gasteiger partial charge in [-0.3, -0.25) is 4.79 Å². The van der Waals surface area contributed by atoms with E-state index in [0.29, 0.717) is 12.1 Å². The van der Waals surface area contributed by atoms with Gasteiger partial charge in [0.25, 0.3) is 5.22 Å². The number of methoxy groups -OCH3 is 1. The summed E-state index contributed by atoms with van der Waals surface area (Å²) >= 11 is 1.17. The van der Waals surface area contributed by atoms with Gasteiger partial charge in [-0.2, -0.15) is 0 Å². The lowest BCUT2D eigenvalue weighted by Gasteiger charge is -2.10. The number of hydrogen-bond donors (Lipinski definition) is 1. The number of hydrogen-bond acceptors (Lipinski definition) is 6. The molecule has 0 aliphatic carbocycles. The molecule has 0 saturated heterocycles. The van der Waals surface area contributed by atoms with Gasteiger partial charge in [-0.15, -0.1) is 10.2 Å². The highest BCUT2D eigenvalue weighted by molar-refractivity contribution is 8.00. The van der Waals surface area contributed by atoms with Gasteiger partial charge in [0.2, 0.25) is 11.8 Å². The van der Waals surface area contributed by atoms with Crippen molar-refractivity contribution in [1.82, 2.24) is 15.5 Å². The number of nitrogens with one attached hydrogen (secondary N) is 1. The van der Waals surface area contributed by atoms with Gasteiger partial charge in [-0.1, -0.05) is 23.9 Å². The molecule has 1 N–H and O–H groups in total. The summed E-state index contributed by atoms with van der Waals surface area (Å²) in [6, 6.07) is 13.2. The highest BCUT2D eigenvalue weighted by atomic mass is 32.2. The summed E-state index contributed by atoms with van der Waals surface area (Å²) < 4.78 is 23.6. The molecule has 1 heterocycles. The Labute approximate surface area is 160 Å². The molecule has 0 aliphatic heterocycles. The van der Waals surface area contributed by atoms with Crippen molar-refractivity contribution in [1.29, 1.82) is 0 Å². The molecule has 3 rings (SSSR count). The standard InChI is InChI=1S/C19H18FN3O3S/c1-12(17(24)21-11-13-3-9-16(25-2)10-4-13)27-19-23-22-18(26-19)14-5-7-15(20)8-6-14/h3-10,12H,11H2,1-2H3,(H,21,24)/t12-/m1/s1. The number of halogens is 1. The van der Waals surface area contributed by atoms with Crippen LogP contribution in [0.2, 0.25) is 0 Å². The third kappa shape index (κ3) is 5.07. The predicted octanol–water partition coefficient (Wildman–Crippen LogP) is 3.68. The van der Waals surface area contributed by atoms with Crippen LogP contribution in [0.4, 0.5) is 4.39 Å². The molecule has 0 radical (unpaired) electrons. The van der Waals surface area contributed by atoms with Crippen LogP contribution < -0.4 is 10.1 Å². The van der Waals surface area contributed by atoms with Gasteiger partial charge in [0.05, 0.1) is 12.4 Å². The lowest BCUT2D eigenvalue weighted by atomic mass is 10.2. The van der Waals surface area contributed by atoms with Crippen molar-refractivity contribution < 1.29 is 18.3 Å². The van der Waals surface area contributed by atoms with Crippen LogP contribution in [0.25, 0.3) is 11.5 Å². The minimum absolute atomic E-state index is 0.141. The maximum Gasteiger partial charge on any atom is 0.277 e. The first-order chi connectivity index (χ1) is 13.0. The van der Waals surface area contributed by atoms with Crippen LogP contribution in [0, 0.1) is 5.82 Å². The average molecular weight is 387 g/mol. The Morgan fingerprint density at radius 3 is 2.56 bits per heavy atom. The lowest BCUT2D eigenvalue weighted by molar-refractivity contribution is -0.120. The molecule has 6 nitrogen and oxygen atoms in total. The normalized spacial score (nSPS) is 11.8. The fourth-order valence-electron chi connectivity index (χ4n) is 2.25. The van der Waals surface area contributed by atoms with Crippen molar-refractivity contribution in [2.75, 3.05) is 7.11 Å². The maximum atomic E-state index is 13.0. The first kappa shape index (κ1) is 18.9. The molecule has 2 aromatic carbocycles. The molecule has 0 saturated carbocycles. The van der Waals surface area contributed by atoms with Crippen LogP contribution in [0.3, 0.4) is 0 Å². The zero-order valence-corrected chi connectivity index (χ0v) is 15.6. The topological polar surface area (TPSA) is 77.2 Å². The summed E-state index contributed by atoms with van der Waals surface area (Å²) in [4.78, 5) is 12.3. The summed E-state index contributed by atoms with van der Waals surface area (Å²) in [5.41, 5.74) is 1.59. The summed E-state index contributed by atoms with van der Waals surface area (Å²) in [5, 5.41) is 10.6. The molecule has 140 valence electrons. The van der Waals surface area contributed by atoms with Crippen LogP contribution in [-0.2, 0) is 11.3 Å². The minimum Gasteiger partial charge on any atom is -0.497 e. The largest absolute Gasteiger partial charge is 0.497 e. The van der Waals surface area contributed by atoms with Gasteiger partial charge in [-0.25, -0.2) is 4.39 Å². The number of carbonyl (C=O) groups excluding carboxylic acids is 1. The molecule has 8 heteroatoms. The number of amides is 1. The molecule has 0 unspecified atom stereocenters. The highest BCUT2D eigenvalue weighted by Crippen LogP contribution is 2.26. The van der Waals surface area contributed by atoms with Gasteiger partial charge in [-0.05, 0) is 48.9 Å². The van der Waals surface area contributed by atoms with Crippen LogP contribution in [0.1, 0.15) is 12.5 Å². The van der Waals surface area contributed by atoms with Crippen molar-refractivity contribution in [3.8, 4) is 17.2 Å². The quantitative estimate of drug-likeness (QED) is 0.623. The molecule has 1 amide bonds. The summed E-state index contributed by atoms with van der Waals surface area (Å²) in [5.74, 6) is 0.568. The van der Waals surface area contributed by atoms with Crippen LogP contribution in [0.15, 0.2) is 58.2 Å². The van der Waals surface area contributed by atoms with Crippen molar-refractivity contribution in [2.45, 2.75) is 23.9 Å². The van der Waals surface area contributed by atoms with E-state index in [-0.39, 0.29) is 22.8 Å². The molecular weight excluding hydrogens is 369 g/mol. The fourth-order valence-corrected chi connectivity index (χ4v) is 2.96. The van der Waals surface area contributed by atoms with E-state index < -0.39 is 5.25 Å². The first-order valence-corrected chi connectivity index (χ1v) is 9.10. The molecule has 0 fully saturated rings. The summed E-state index contributed by atoms with van der Waals surface area (Å²) in [7, 11) is 1.61. The number of benzene rings is 2. The number of carbonyl (C=O) groups is 1. The second-order valence-electron chi connectivity index (χ2n) is 5.71. The monoisotopic (exact) mass is 387 g/mol. The van der Waals surface area contributed by atoms with E-state index in [4.69, 9.17) is 9.15 Å². The van der Waals surface area contributed by atoms with Gasteiger partial charge in [0, 0.05) is 12.1 Å². The lowest BCUT2D eigenvalue weighted by Crippen LogP contribution is -2.30. The second-order valence-corrected chi connectivity index (χ2v) is 7.00. The smallest absolute Gasteiger partial charge is 0.277 e. The molecule has 0 bridgehead atoms. The molecular formula is C19H18FN3O3S. The van der Waals surface area contributed by atoms with Crippen LogP contribution in [-0.4, -0.2) is 28.5 Å². The Bertz CT molecular complexity index is 897. The number of nitrogens with zero attached hydrogens (tertiary/aromatic N) is 2. The highest BCUT2D eigenvalue weighted by Gasteiger charge is 2.18. The SMILES string of the molecule is COc1ccc(CNC(=O)[C@@H](C)Sc2nnc(-c3ccc(F)cc3)o2)cc1. The zero-order chi connectivity index (χ0) is 19.2. The third-order valence-electron chi connectivity index (χ3n) is 3.77. The maximum absolute atomic E-state index is 13.0. The predicted molar refractivity (Wildman–Crippen MR) is 99.9 cm³/mol. The zero-order valence-electron chi connectivity index (χ0n) is 14.8. The second kappa shape index (κ2) is 8.68. The first-order valence-electron chi connectivity index (χ1n) is 8.22. The molecule has 0 aliphatic rings. The Balaban J connectivity index is 1.54. The van der Waals surface area contributed by atoms with E-state index in [1.54, 1.807) is 26.2 Å². The van der Waals surface area contributed by atoms with Gasteiger partial charge in [0.1, 0.15) is 11.6 Å². The minimum atomic E-state index is -0.412. The fraction of sp³-hybridized carbons (Fsp3) is 0.211. The van der Waals surface area contributed by atoms with Crippen molar-refractivity contribution in [3.05, 3.63) is 59.9 Å². The molecule has 0 spiro atoms. The van der Waals surface area contributed by atoms with Crippen LogP contribution >= 0.6 is 11.8 Å². The molecule has 1 atom stereocenters. The van der Waals surface area contributed by atoms with E-state index in [9.17, 15) is 9.18 Å². The Morgan fingerprint density at radius 2 is 1.89 bits per heavy atom. The molecule has 3 aromatic rings. The third-order valence-corrected chi connectivity index (χ3v) is 4.70. The van der Waals surface area contributed by atoms with Gasteiger partial charge in [0.15, 0.2) is 0 Å². The van der Waals surface area contributed by atoms with E-state index in [1.165, 1.54) is 23.9 Å². The Kier molecular flexibility index (Phi) is 6.08. The van der Waals surface area contributed by atoms with E-state index in [2.05, 4.69) is 15.5 Å². The van der Waals surface area contributed by atoms with Gasteiger partial charge >= 0.3 is 0 Å².